The molecule has 7 heteroatoms. The highest BCUT2D eigenvalue weighted by atomic mass is 79.9. The zero-order chi connectivity index (χ0) is 14.4. The van der Waals surface area contributed by atoms with Crippen molar-refractivity contribution in [2.75, 3.05) is 0 Å². The van der Waals surface area contributed by atoms with Crippen LogP contribution in [-0.2, 0) is 4.79 Å². The van der Waals surface area contributed by atoms with Crippen molar-refractivity contribution in [1.29, 1.82) is 0 Å². The van der Waals surface area contributed by atoms with Gasteiger partial charge in [0.05, 0.1) is 10.0 Å². The molecule has 1 aromatic rings. The summed E-state index contributed by atoms with van der Waals surface area (Å²) in [5, 5.41) is 11.4. The Kier molecular flexibility index (Phi) is 5.50. The molecule has 0 aliphatic rings. The fraction of sp³-hybridized carbons (Fsp3) is 0.250. The van der Waals surface area contributed by atoms with Crippen LogP contribution in [0.25, 0.3) is 0 Å². The van der Waals surface area contributed by atoms with Crippen LogP contribution in [0.1, 0.15) is 23.2 Å². The molecule has 1 aromatic heterocycles. The van der Waals surface area contributed by atoms with E-state index in [-0.39, 0.29) is 22.0 Å². The van der Waals surface area contributed by atoms with Gasteiger partial charge in [0.1, 0.15) is 6.04 Å². The fourth-order valence-electron chi connectivity index (χ4n) is 1.37. The highest BCUT2D eigenvalue weighted by Gasteiger charge is 2.20. The quantitative estimate of drug-likeness (QED) is 0.685. The zero-order valence-corrected chi connectivity index (χ0v) is 11.6. The Balaban J connectivity index is 2.81. The minimum Gasteiger partial charge on any atom is -0.480 e. The van der Waals surface area contributed by atoms with E-state index in [1.165, 1.54) is 12.3 Å². The molecule has 102 valence electrons. The summed E-state index contributed by atoms with van der Waals surface area (Å²) in [5.74, 6) is -1.67. The van der Waals surface area contributed by atoms with Crippen LogP contribution in [0.4, 0.5) is 0 Å². The molecule has 0 aliphatic carbocycles. The number of nitrogens with one attached hydrogen (secondary N) is 2. The van der Waals surface area contributed by atoms with E-state index < -0.39 is 17.9 Å². The van der Waals surface area contributed by atoms with Gasteiger partial charge in [-0.05, 0) is 34.8 Å². The molecule has 1 heterocycles. The summed E-state index contributed by atoms with van der Waals surface area (Å²) in [6.45, 7) is 3.50. The number of carbonyl (C=O) groups excluding carboxylic acids is 1. The van der Waals surface area contributed by atoms with Gasteiger partial charge >= 0.3 is 5.97 Å². The maximum absolute atomic E-state index is 11.8. The Bertz CT molecular complexity index is 553. The Morgan fingerprint density at radius 1 is 1.58 bits per heavy atom. The van der Waals surface area contributed by atoms with Gasteiger partial charge in [-0.3, -0.25) is 9.59 Å². The predicted molar refractivity (Wildman–Crippen MR) is 73.1 cm³/mol. The number of halogens is 1. The summed E-state index contributed by atoms with van der Waals surface area (Å²) in [4.78, 5) is 36.3. The standard InChI is InChI=1S/C12H13BrN2O4/c1-2-3-4-9(12(18)19)15-10(16)7-5-8(13)11(17)14-6-7/h2,5-6,9H,1,3-4H2,(H,14,17)(H,15,16)(H,18,19). The lowest BCUT2D eigenvalue weighted by Crippen LogP contribution is -2.40. The van der Waals surface area contributed by atoms with Crippen LogP contribution in [0, 0.1) is 0 Å². The molecule has 1 rings (SSSR count). The molecular formula is C12H13BrN2O4. The van der Waals surface area contributed by atoms with E-state index in [2.05, 4.69) is 32.8 Å². The Morgan fingerprint density at radius 3 is 2.79 bits per heavy atom. The largest absolute Gasteiger partial charge is 0.480 e. The number of aliphatic carboxylic acids is 1. The van der Waals surface area contributed by atoms with Crippen LogP contribution in [0.15, 0.2) is 34.2 Å². The minimum atomic E-state index is -1.11. The molecule has 0 aliphatic heterocycles. The summed E-state index contributed by atoms with van der Waals surface area (Å²) in [6.07, 6.45) is 3.55. The van der Waals surface area contributed by atoms with Crippen molar-refractivity contribution in [3.05, 3.63) is 45.3 Å². The van der Waals surface area contributed by atoms with E-state index in [1.54, 1.807) is 6.08 Å². The molecule has 1 unspecified atom stereocenters. The number of carboxylic acids is 1. The fourth-order valence-corrected chi connectivity index (χ4v) is 1.73. The molecule has 1 amide bonds. The van der Waals surface area contributed by atoms with Crippen molar-refractivity contribution >= 4 is 27.8 Å². The van der Waals surface area contributed by atoms with Gasteiger partial charge in [-0.25, -0.2) is 4.79 Å². The van der Waals surface area contributed by atoms with Gasteiger partial charge in [0.15, 0.2) is 0 Å². The number of hydrogen-bond donors (Lipinski definition) is 3. The highest BCUT2D eigenvalue weighted by molar-refractivity contribution is 9.10. The number of carbonyl (C=O) groups is 2. The lowest BCUT2D eigenvalue weighted by Gasteiger charge is -2.13. The summed E-state index contributed by atoms with van der Waals surface area (Å²) in [5.41, 5.74) is -0.186. The van der Waals surface area contributed by atoms with Crippen molar-refractivity contribution in [3.63, 3.8) is 0 Å². The molecule has 0 saturated heterocycles. The number of rotatable bonds is 6. The van der Waals surface area contributed by atoms with E-state index in [0.717, 1.165) is 0 Å². The molecular weight excluding hydrogens is 316 g/mol. The number of aromatic nitrogens is 1. The minimum absolute atomic E-state index is 0.177. The van der Waals surface area contributed by atoms with Gasteiger partial charge in [-0.15, -0.1) is 6.58 Å². The molecule has 0 aromatic carbocycles. The van der Waals surface area contributed by atoms with Crippen LogP contribution < -0.4 is 10.9 Å². The third kappa shape index (κ3) is 4.36. The lowest BCUT2D eigenvalue weighted by atomic mass is 10.1. The molecule has 0 radical (unpaired) electrons. The number of aromatic amines is 1. The molecule has 19 heavy (non-hydrogen) atoms. The number of H-pyrrole nitrogens is 1. The van der Waals surface area contributed by atoms with Gasteiger partial charge in [-0.2, -0.15) is 0 Å². The van der Waals surface area contributed by atoms with E-state index >= 15 is 0 Å². The van der Waals surface area contributed by atoms with Crippen LogP contribution in [-0.4, -0.2) is 28.0 Å². The number of pyridine rings is 1. The number of hydrogen-bond acceptors (Lipinski definition) is 3. The monoisotopic (exact) mass is 328 g/mol. The van der Waals surface area contributed by atoms with Gasteiger partial charge in [0.25, 0.3) is 11.5 Å². The molecule has 6 nitrogen and oxygen atoms in total. The van der Waals surface area contributed by atoms with Crippen molar-refractivity contribution in [3.8, 4) is 0 Å². The third-order valence-corrected chi connectivity index (χ3v) is 2.97. The number of carboxylic acid groups (broad SMARTS) is 1. The first-order valence-corrected chi connectivity index (χ1v) is 6.27. The maximum Gasteiger partial charge on any atom is 0.326 e. The topological polar surface area (TPSA) is 99.3 Å². The van der Waals surface area contributed by atoms with E-state index in [4.69, 9.17) is 5.11 Å². The summed E-state index contributed by atoms with van der Waals surface area (Å²) in [7, 11) is 0. The highest BCUT2D eigenvalue weighted by Crippen LogP contribution is 2.06. The molecule has 0 saturated carbocycles. The maximum atomic E-state index is 11.8. The average molecular weight is 329 g/mol. The van der Waals surface area contributed by atoms with Gasteiger partial charge in [0.2, 0.25) is 0 Å². The summed E-state index contributed by atoms with van der Waals surface area (Å²) >= 11 is 3.00. The first-order chi connectivity index (χ1) is 8.95. The first kappa shape index (κ1) is 15.2. The van der Waals surface area contributed by atoms with Crippen molar-refractivity contribution in [2.45, 2.75) is 18.9 Å². The van der Waals surface area contributed by atoms with Gasteiger partial charge < -0.3 is 15.4 Å². The Hall–Kier alpha value is -1.89. The van der Waals surface area contributed by atoms with Gasteiger partial charge in [-0.1, -0.05) is 6.08 Å². The molecule has 0 bridgehead atoms. The third-order valence-electron chi connectivity index (χ3n) is 2.38. The average Bonchev–Trinajstić information content (AvgIpc) is 2.37. The summed E-state index contributed by atoms with van der Waals surface area (Å²) in [6, 6.07) is 0.344. The van der Waals surface area contributed by atoms with Crippen LogP contribution in [0.5, 0.6) is 0 Å². The first-order valence-electron chi connectivity index (χ1n) is 5.48. The SMILES string of the molecule is C=CCCC(NC(=O)c1c[nH]c(=O)c(Br)c1)C(=O)O. The second-order valence-electron chi connectivity index (χ2n) is 3.80. The Morgan fingerprint density at radius 2 is 2.26 bits per heavy atom. The van der Waals surface area contributed by atoms with Crippen LogP contribution in [0.2, 0.25) is 0 Å². The smallest absolute Gasteiger partial charge is 0.326 e. The zero-order valence-electron chi connectivity index (χ0n) is 9.98. The van der Waals surface area contributed by atoms with Crippen molar-refractivity contribution in [1.82, 2.24) is 10.3 Å². The molecule has 0 spiro atoms. The van der Waals surface area contributed by atoms with E-state index in [1.807, 2.05) is 0 Å². The molecule has 1 atom stereocenters. The lowest BCUT2D eigenvalue weighted by molar-refractivity contribution is -0.139. The van der Waals surface area contributed by atoms with Crippen molar-refractivity contribution < 1.29 is 14.7 Å². The number of allylic oxidation sites excluding steroid dienone is 1. The van der Waals surface area contributed by atoms with E-state index in [9.17, 15) is 14.4 Å². The number of amides is 1. The second-order valence-corrected chi connectivity index (χ2v) is 4.65. The van der Waals surface area contributed by atoms with Crippen molar-refractivity contribution in [2.24, 2.45) is 0 Å². The van der Waals surface area contributed by atoms with E-state index in [0.29, 0.717) is 6.42 Å². The Labute approximate surface area is 117 Å². The van der Waals surface area contributed by atoms with Crippen LogP contribution in [0.3, 0.4) is 0 Å². The van der Waals surface area contributed by atoms with Crippen LogP contribution >= 0.6 is 15.9 Å². The van der Waals surface area contributed by atoms with Gasteiger partial charge in [0, 0.05) is 6.20 Å². The predicted octanol–water partition coefficient (Wildman–Crippen LogP) is 1.29. The normalized spacial score (nSPS) is 11.6. The molecule has 0 fully saturated rings. The molecule has 3 N–H and O–H groups in total. The summed E-state index contributed by atoms with van der Waals surface area (Å²) < 4.78 is 0.207. The second kappa shape index (κ2) is 6.89.